The zero-order valence-corrected chi connectivity index (χ0v) is 15.5. The fourth-order valence-electron chi connectivity index (χ4n) is 2.39. The summed E-state index contributed by atoms with van der Waals surface area (Å²) in [4.78, 5) is 24.2. The molecule has 0 aromatic carbocycles. The molecule has 0 spiro atoms. The Hall–Kier alpha value is -1.06. The van der Waals surface area contributed by atoms with E-state index in [1.54, 1.807) is 0 Å². The van der Waals surface area contributed by atoms with E-state index in [0.29, 0.717) is 19.4 Å². The smallest absolute Gasteiger partial charge is 0.309 e. The maximum Gasteiger partial charge on any atom is 0.309 e. The van der Waals surface area contributed by atoms with Crippen molar-refractivity contribution in [3.05, 3.63) is 0 Å². The molecule has 0 aliphatic rings. The summed E-state index contributed by atoms with van der Waals surface area (Å²) in [6.07, 6.45) is 1.00. The molecule has 0 aromatic rings. The van der Waals surface area contributed by atoms with E-state index in [0.717, 1.165) is 0 Å². The maximum absolute atomic E-state index is 12.5. The van der Waals surface area contributed by atoms with Gasteiger partial charge in [-0.25, -0.2) is 0 Å². The van der Waals surface area contributed by atoms with Crippen molar-refractivity contribution in [2.45, 2.75) is 68.2 Å². The van der Waals surface area contributed by atoms with Gasteiger partial charge in [0.1, 0.15) is 0 Å². The van der Waals surface area contributed by atoms with Crippen molar-refractivity contribution in [3.8, 4) is 0 Å². The zero-order valence-electron chi connectivity index (χ0n) is 15.5. The van der Waals surface area contributed by atoms with Crippen LogP contribution in [0.1, 0.15) is 68.2 Å². The number of hydrogen-bond donors (Lipinski definition) is 1. The second kappa shape index (κ2) is 7.98. The van der Waals surface area contributed by atoms with Gasteiger partial charge in [-0.05, 0) is 29.6 Å². The van der Waals surface area contributed by atoms with Crippen molar-refractivity contribution in [2.24, 2.45) is 28.6 Å². The minimum atomic E-state index is -0.907. The van der Waals surface area contributed by atoms with Crippen LogP contribution in [0.3, 0.4) is 0 Å². The van der Waals surface area contributed by atoms with Gasteiger partial charge < -0.3 is 9.84 Å². The molecule has 0 radical (unpaired) electrons. The maximum atomic E-state index is 12.5. The van der Waals surface area contributed by atoms with Gasteiger partial charge in [-0.3, -0.25) is 9.59 Å². The van der Waals surface area contributed by atoms with Crippen molar-refractivity contribution >= 4 is 11.9 Å². The average molecular weight is 314 g/mol. The molecule has 22 heavy (non-hydrogen) atoms. The van der Waals surface area contributed by atoms with Crippen LogP contribution in [-0.2, 0) is 14.3 Å². The third-order valence-electron chi connectivity index (χ3n) is 3.31. The normalized spacial score (nSPS) is 15.5. The monoisotopic (exact) mass is 314 g/mol. The number of carboxylic acid groups (broad SMARTS) is 1. The number of carboxylic acids is 1. The van der Waals surface area contributed by atoms with Crippen LogP contribution < -0.4 is 0 Å². The van der Waals surface area contributed by atoms with E-state index in [1.165, 1.54) is 0 Å². The van der Waals surface area contributed by atoms with Gasteiger partial charge in [0.15, 0.2) is 0 Å². The first kappa shape index (κ1) is 20.9. The molecule has 0 heterocycles. The summed E-state index contributed by atoms with van der Waals surface area (Å²) in [6.45, 7) is 16.3. The molecule has 0 amide bonds. The molecule has 130 valence electrons. The van der Waals surface area contributed by atoms with Crippen LogP contribution in [0.2, 0.25) is 0 Å². The van der Waals surface area contributed by atoms with Crippen LogP contribution in [0.4, 0.5) is 0 Å². The topological polar surface area (TPSA) is 63.6 Å². The van der Waals surface area contributed by atoms with Crippen molar-refractivity contribution in [2.75, 3.05) is 6.61 Å². The molecule has 4 nitrogen and oxygen atoms in total. The highest BCUT2D eigenvalue weighted by molar-refractivity contribution is 5.81. The summed E-state index contributed by atoms with van der Waals surface area (Å²) in [6, 6.07) is 0. The number of esters is 1. The van der Waals surface area contributed by atoms with E-state index in [-0.39, 0.29) is 22.7 Å². The zero-order chi connectivity index (χ0) is 17.7. The van der Waals surface area contributed by atoms with Gasteiger partial charge in [0.25, 0.3) is 0 Å². The highest BCUT2D eigenvalue weighted by atomic mass is 16.5. The minimum Gasteiger partial charge on any atom is -0.481 e. The molecule has 0 aliphatic carbocycles. The highest BCUT2D eigenvalue weighted by Gasteiger charge is 2.38. The molecule has 0 rings (SSSR count). The van der Waals surface area contributed by atoms with Crippen molar-refractivity contribution in [3.63, 3.8) is 0 Å². The summed E-state index contributed by atoms with van der Waals surface area (Å²) in [5.41, 5.74) is -0.255. The molecular formula is C18H34O4. The Morgan fingerprint density at radius 1 is 0.955 bits per heavy atom. The van der Waals surface area contributed by atoms with Crippen LogP contribution >= 0.6 is 0 Å². The van der Waals surface area contributed by atoms with Crippen LogP contribution in [0.5, 0.6) is 0 Å². The van der Waals surface area contributed by atoms with Gasteiger partial charge in [-0.15, -0.1) is 0 Å². The molecule has 0 aromatic heterocycles. The Morgan fingerprint density at radius 3 is 1.77 bits per heavy atom. The van der Waals surface area contributed by atoms with Crippen LogP contribution in [0.25, 0.3) is 0 Å². The van der Waals surface area contributed by atoms with Crippen LogP contribution in [-0.4, -0.2) is 23.7 Å². The predicted octanol–water partition coefficient (Wildman–Crippen LogP) is 4.38. The number of rotatable bonds is 7. The largest absolute Gasteiger partial charge is 0.481 e. The second-order valence-electron chi connectivity index (χ2n) is 9.11. The summed E-state index contributed by atoms with van der Waals surface area (Å²) < 4.78 is 5.42. The van der Waals surface area contributed by atoms with Gasteiger partial charge in [0, 0.05) is 0 Å². The highest BCUT2D eigenvalue weighted by Crippen LogP contribution is 2.33. The number of carbonyl (C=O) groups excluding carboxylic acids is 1. The third-order valence-corrected chi connectivity index (χ3v) is 3.31. The Labute approximate surface area is 135 Å². The Balaban J connectivity index is 5.23. The first-order chi connectivity index (χ1) is 9.73. The second-order valence-corrected chi connectivity index (χ2v) is 9.11. The fraction of sp³-hybridized carbons (Fsp3) is 0.889. The lowest BCUT2D eigenvalue weighted by Crippen LogP contribution is -2.36. The molecule has 1 N–H and O–H groups in total. The lowest BCUT2D eigenvalue weighted by Gasteiger charge is -2.30. The van der Waals surface area contributed by atoms with Gasteiger partial charge in [-0.1, -0.05) is 55.4 Å². The summed E-state index contributed by atoms with van der Waals surface area (Å²) in [5.74, 6) is -2.35. The van der Waals surface area contributed by atoms with Crippen molar-refractivity contribution < 1.29 is 19.4 Å². The molecular weight excluding hydrogens is 280 g/mol. The SMILES string of the molecule is CC(C)CC(C(=O)O)C(CC(C)(C)C)C(=O)OCC(C)(C)C. The number of hydrogen-bond acceptors (Lipinski definition) is 3. The lowest BCUT2D eigenvalue weighted by molar-refractivity contribution is -0.161. The standard InChI is InChI=1S/C18H34O4/c1-12(2)9-13(15(19)20)14(10-17(3,4)5)16(21)22-11-18(6,7)8/h12-14H,9-11H2,1-8H3,(H,19,20). The van der Waals surface area contributed by atoms with Crippen LogP contribution in [0, 0.1) is 28.6 Å². The lowest BCUT2D eigenvalue weighted by atomic mass is 9.76. The fourth-order valence-corrected chi connectivity index (χ4v) is 2.39. The third kappa shape index (κ3) is 9.06. The number of aliphatic carboxylic acids is 1. The molecule has 2 unspecified atom stereocenters. The molecule has 0 bridgehead atoms. The summed E-state index contributed by atoms with van der Waals surface area (Å²) >= 11 is 0. The quantitative estimate of drug-likeness (QED) is 0.708. The summed E-state index contributed by atoms with van der Waals surface area (Å²) in [5, 5.41) is 9.56. The van der Waals surface area contributed by atoms with Crippen LogP contribution in [0.15, 0.2) is 0 Å². The number of carbonyl (C=O) groups is 2. The van der Waals surface area contributed by atoms with Gasteiger partial charge >= 0.3 is 11.9 Å². The number of ether oxygens (including phenoxy) is 1. The van der Waals surface area contributed by atoms with Crippen molar-refractivity contribution in [1.29, 1.82) is 0 Å². The Kier molecular flexibility index (Phi) is 7.60. The predicted molar refractivity (Wildman–Crippen MR) is 88.6 cm³/mol. The van der Waals surface area contributed by atoms with E-state index in [4.69, 9.17) is 4.74 Å². The van der Waals surface area contributed by atoms with E-state index >= 15 is 0 Å². The van der Waals surface area contributed by atoms with Gasteiger partial charge in [0.05, 0.1) is 18.4 Å². The first-order valence-corrected chi connectivity index (χ1v) is 8.12. The Bertz CT molecular complexity index is 372. The van der Waals surface area contributed by atoms with Crippen molar-refractivity contribution in [1.82, 2.24) is 0 Å². The molecule has 0 fully saturated rings. The molecule has 0 saturated heterocycles. The van der Waals surface area contributed by atoms with E-state index in [1.807, 2.05) is 55.4 Å². The molecule has 2 atom stereocenters. The molecule has 0 saturated carbocycles. The van der Waals surface area contributed by atoms with Gasteiger partial charge in [0.2, 0.25) is 0 Å². The molecule has 4 heteroatoms. The Morgan fingerprint density at radius 2 is 1.45 bits per heavy atom. The summed E-state index contributed by atoms with van der Waals surface area (Å²) in [7, 11) is 0. The minimum absolute atomic E-state index is 0.126. The first-order valence-electron chi connectivity index (χ1n) is 8.12. The molecule has 0 aliphatic heterocycles. The van der Waals surface area contributed by atoms with E-state index in [2.05, 4.69) is 0 Å². The average Bonchev–Trinajstić information content (AvgIpc) is 2.27. The van der Waals surface area contributed by atoms with E-state index < -0.39 is 17.8 Å². The van der Waals surface area contributed by atoms with E-state index in [9.17, 15) is 14.7 Å². The van der Waals surface area contributed by atoms with Gasteiger partial charge in [-0.2, -0.15) is 0 Å².